The molecule has 0 saturated heterocycles. The molecular weight excluding hydrogens is 612 g/mol. The summed E-state index contributed by atoms with van der Waals surface area (Å²) in [4.78, 5) is 31.1. The fourth-order valence-corrected chi connectivity index (χ4v) is 6.35. The normalized spacial score (nSPS) is 13.0. The highest BCUT2D eigenvalue weighted by molar-refractivity contribution is 7.87. The van der Waals surface area contributed by atoms with Gasteiger partial charge in [-0.2, -0.15) is 16.8 Å². The molecule has 0 radical (unpaired) electrons. The van der Waals surface area contributed by atoms with Crippen molar-refractivity contribution in [1.82, 2.24) is 4.98 Å². The molecule has 0 atom stereocenters. The number of aliphatic hydroxyl groups excluding tert-OH is 1. The fourth-order valence-electron chi connectivity index (χ4n) is 5.21. The monoisotopic (exact) mass is 632 g/mol. The van der Waals surface area contributed by atoms with Gasteiger partial charge in [-0.25, -0.2) is 4.98 Å². The zero-order valence-electron chi connectivity index (χ0n) is 22.5. The van der Waals surface area contributed by atoms with Crippen molar-refractivity contribution < 1.29 is 35.8 Å². The second-order valence-electron chi connectivity index (χ2n) is 9.88. The summed E-state index contributed by atoms with van der Waals surface area (Å²) >= 11 is 0. The van der Waals surface area contributed by atoms with Gasteiger partial charge in [-0.1, -0.05) is 60.7 Å². The van der Waals surface area contributed by atoms with Crippen molar-refractivity contribution in [1.29, 1.82) is 0 Å². The highest BCUT2D eigenvalue weighted by Gasteiger charge is 2.25. The predicted molar refractivity (Wildman–Crippen MR) is 161 cm³/mol. The average molecular weight is 633 g/mol. The molecule has 12 nitrogen and oxygen atoms in total. The van der Waals surface area contributed by atoms with E-state index in [0.717, 1.165) is 12.1 Å². The van der Waals surface area contributed by atoms with Crippen LogP contribution in [0.3, 0.4) is 0 Å². The van der Waals surface area contributed by atoms with Crippen LogP contribution < -0.4 is 25.7 Å². The molecule has 0 bridgehead atoms. The summed E-state index contributed by atoms with van der Waals surface area (Å²) < 4.78 is 75.7. The lowest BCUT2D eigenvalue weighted by molar-refractivity contribution is 0.452. The molecule has 0 aromatic heterocycles. The molecule has 222 valence electrons. The van der Waals surface area contributed by atoms with Gasteiger partial charge < -0.3 is 9.84 Å². The van der Waals surface area contributed by atoms with Gasteiger partial charge in [0.25, 0.3) is 15.7 Å². The lowest BCUT2D eigenvalue weighted by Gasteiger charge is -2.16. The third-order valence-corrected chi connectivity index (χ3v) is 8.33. The van der Waals surface area contributed by atoms with E-state index in [2.05, 4.69) is 4.98 Å². The number of nitrogens with one attached hydrogen (secondary N) is 1. The molecule has 1 heterocycles. The summed E-state index contributed by atoms with van der Waals surface area (Å²) in [6.07, 6.45) is 0. The zero-order chi connectivity index (χ0) is 31.6. The Balaban J connectivity index is 1.90. The van der Waals surface area contributed by atoms with E-state index in [-0.39, 0.29) is 42.9 Å². The summed E-state index contributed by atoms with van der Waals surface area (Å²) in [7, 11) is -9.84. The number of aryl methyl sites for hydroxylation is 1. The number of nitrogens with zero attached hydrogens (tertiary/aromatic N) is 1. The smallest absolute Gasteiger partial charge is 0.357 e. The Labute approximate surface area is 248 Å². The lowest BCUT2D eigenvalue weighted by Crippen LogP contribution is -2.33. The Hall–Kier alpha value is -5.15. The van der Waals surface area contributed by atoms with E-state index in [9.17, 15) is 40.6 Å². The largest absolute Gasteiger partial charge is 0.506 e. The molecule has 2 aliphatic rings. The van der Waals surface area contributed by atoms with Crippen LogP contribution in [0.1, 0.15) is 11.1 Å². The van der Waals surface area contributed by atoms with Crippen LogP contribution in [0.25, 0.3) is 27.4 Å². The molecule has 0 unspecified atom stereocenters. The van der Waals surface area contributed by atoms with Crippen LogP contribution in [-0.4, -0.2) is 36.0 Å². The number of ether oxygens (including phenoxy) is 1. The van der Waals surface area contributed by atoms with Gasteiger partial charge >= 0.3 is 10.3 Å². The van der Waals surface area contributed by atoms with E-state index in [0.29, 0.717) is 5.56 Å². The maximum Gasteiger partial charge on any atom is 0.357 e. The van der Waals surface area contributed by atoms with E-state index < -0.39 is 59.3 Å². The van der Waals surface area contributed by atoms with Gasteiger partial charge in [-0.05, 0) is 30.0 Å². The standard InChI is InChI=1S/C30H20N2O10S2/c1-15-11-12-20(22(13-15)43(36,37)38)42-21-14-19(32-44(39,40)41)24-25-23(17-9-5-6-10-18(17)29(24)34)26(30(35)31-27(21)25)28(33)16-7-3-2-4-8-16/h2-14,32-33H,1H3,(H,36,37,38)(H,39,40,41)/b28-26-. The van der Waals surface area contributed by atoms with Gasteiger partial charge in [-0.15, -0.1) is 0 Å². The first-order valence-electron chi connectivity index (χ1n) is 12.7. The van der Waals surface area contributed by atoms with Crippen molar-refractivity contribution in [3.63, 3.8) is 0 Å². The summed E-state index contributed by atoms with van der Waals surface area (Å²) in [6.45, 7) is 1.57. The number of hydrogen-bond donors (Lipinski definition) is 4. The summed E-state index contributed by atoms with van der Waals surface area (Å²) in [5, 5.41) is 11.0. The number of hydrogen-bond acceptors (Lipinski definition) is 9. The van der Waals surface area contributed by atoms with Crippen LogP contribution in [0.4, 0.5) is 5.69 Å². The topological polar surface area (TPSA) is 197 Å². The molecule has 4 N–H and O–H groups in total. The van der Waals surface area contributed by atoms with Gasteiger partial charge in [0.2, 0.25) is 0 Å². The number of benzene rings is 4. The molecule has 0 saturated carbocycles. The van der Waals surface area contributed by atoms with Gasteiger partial charge in [0.1, 0.15) is 21.9 Å². The molecule has 4 aromatic carbocycles. The highest BCUT2D eigenvalue weighted by Crippen LogP contribution is 2.37. The van der Waals surface area contributed by atoms with E-state index in [4.69, 9.17) is 4.74 Å². The summed E-state index contributed by atoms with van der Waals surface area (Å²) in [5.41, 5.74) is -1.70. The zero-order valence-corrected chi connectivity index (χ0v) is 24.1. The van der Waals surface area contributed by atoms with Gasteiger partial charge in [-0.3, -0.25) is 23.4 Å². The van der Waals surface area contributed by atoms with Crippen LogP contribution in [0.2, 0.25) is 0 Å². The van der Waals surface area contributed by atoms with Crippen molar-refractivity contribution in [3.8, 4) is 11.5 Å². The molecule has 6 rings (SSSR count). The first-order chi connectivity index (χ1) is 20.7. The first-order valence-corrected chi connectivity index (χ1v) is 15.6. The summed E-state index contributed by atoms with van der Waals surface area (Å²) in [6, 6.07) is 19.0. The number of aromatic nitrogens is 1. The Kier molecular flexibility index (Phi) is 6.74. The Morgan fingerprint density at radius 2 is 1.48 bits per heavy atom. The molecule has 44 heavy (non-hydrogen) atoms. The molecule has 1 aliphatic carbocycles. The van der Waals surface area contributed by atoms with Crippen molar-refractivity contribution in [3.05, 3.63) is 126 Å². The van der Waals surface area contributed by atoms with Gasteiger partial charge in [0, 0.05) is 27.5 Å². The molecule has 1 aliphatic heterocycles. The van der Waals surface area contributed by atoms with Crippen molar-refractivity contribution >= 4 is 53.5 Å². The number of aliphatic hydroxyl groups is 1. The van der Waals surface area contributed by atoms with Crippen molar-refractivity contribution in [2.45, 2.75) is 11.8 Å². The third kappa shape index (κ3) is 4.95. The SMILES string of the molecule is Cc1ccc(Oc2cc(NS(=O)(=O)O)c3c4c2nc(=O)/c(=C(\O)c2ccccc2)c=4c2ccccc2c3=O)c(S(=O)(=O)O)c1. The van der Waals surface area contributed by atoms with E-state index in [1.807, 2.05) is 4.72 Å². The maximum atomic E-state index is 13.9. The first kappa shape index (κ1) is 28.9. The van der Waals surface area contributed by atoms with Gasteiger partial charge in [0.05, 0.1) is 16.3 Å². The summed E-state index contributed by atoms with van der Waals surface area (Å²) in [5.74, 6) is -1.29. The van der Waals surface area contributed by atoms with E-state index >= 15 is 0 Å². The number of rotatable bonds is 6. The van der Waals surface area contributed by atoms with Crippen molar-refractivity contribution in [2.24, 2.45) is 0 Å². The van der Waals surface area contributed by atoms with E-state index in [1.54, 1.807) is 49.4 Å². The fraction of sp³-hybridized carbons (Fsp3) is 0.0333. The molecule has 0 spiro atoms. The lowest BCUT2D eigenvalue weighted by atomic mass is 9.96. The Bertz CT molecular complexity index is 2610. The maximum absolute atomic E-state index is 13.9. The number of fused-ring (bicyclic) bond motifs is 2. The second-order valence-corrected chi connectivity index (χ2v) is 12.4. The van der Waals surface area contributed by atoms with Crippen LogP contribution in [0.15, 0.2) is 93.3 Å². The minimum absolute atomic E-state index is 0.0225. The molecule has 4 aromatic rings. The third-order valence-electron chi connectivity index (χ3n) is 6.98. The average Bonchev–Trinajstić information content (AvgIpc) is 2.96. The molecule has 14 heteroatoms. The van der Waals surface area contributed by atoms with Crippen molar-refractivity contribution in [2.75, 3.05) is 4.72 Å². The Morgan fingerprint density at radius 3 is 2.14 bits per heavy atom. The Morgan fingerprint density at radius 1 is 0.818 bits per heavy atom. The molecular formula is C30H20N2O10S2. The quantitative estimate of drug-likeness (QED) is 0.197. The molecule has 0 amide bonds. The van der Waals surface area contributed by atoms with Gasteiger partial charge in [0.15, 0.2) is 11.2 Å². The minimum Gasteiger partial charge on any atom is -0.506 e. The van der Waals surface area contributed by atoms with Crippen LogP contribution in [0, 0.1) is 17.4 Å². The molecule has 0 fully saturated rings. The van der Waals surface area contributed by atoms with E-state index in [1.165, 1.54) is 24.3 Å². The van der Waals surface area contributed by atoms with Crippen LogP contribution in [-0.2, 0) is 20.4 Å². The highest BCUT2D eigenvalue weighted by atomic mass is 32.2. The van der Waals surface area contributed by atoms with Crippen LogP contribution >= 0.6 is 0 Å². The minimum atomic E-state index is -5.00. The van der Waals surface area contributed by atoms with Crippen LogP contribution in [0.5, 0.6) is 11.5 Å². The number of anilines is 1. The predicted octanol–water partition coefficient (Wildman–Crippen LogP) is 3.27. The second kappa shape index (κ2) is 10.2.